The molecule has 1 atom stereocenters. The standard InChI is InChI=1S/C17H24N2O4/c1-17(15(20)21)8-10-19(12-17)16(22)18-9-4-6-13-5-3-7-14(11-13)23-2/h3,5,7,11H,4,6,8-10,12H2,1-2H3,(H,18,22)(H,20,21). The third-order valence-electron chi connectivity index (χ3n) is 4.33. The molecular formula is C17H24N2O4. The van der Waals surface area contributed by atoms with Gasteiger partial charge in [0.1, 0.15) is 5.75 Å². The van der Waals surface area contributed by atoms with Crippen molar-refractivity contribution in [1.29, 1.82) is 0 Å². The second-order valence-corrected chi connectivity index (χ2v) is 6.22. The Kier molecular flexibility index (Phi) is 5.47. The molecule has 1 fully saturated rings. The minimum absolute atomic E-state index is 0.180. The molecule has 2 N–H and O–H groups in total. The Labute approximate surface area is 136 Å². The van der Waals surface area contributed by atoms with E-state index in [1.54, 1.807) is 18.9 Å². The van der Waals surface area contributed by atoms with Crippen LogP contribution in [0.5, 0.6) is 5.75 Å². The number of benzene rings is 1. The monoisotopic (exact) mass is 320 g/mol. The predicted octanol–water partition coefficient (Wildman–Crippen LogP) is 2.13. The van der Waals surface area contributed by atoms with Crippen LogP contribution in [0.2, 0.25) is 0 Å². The van der Waals surface area contributed by atoms with Crippen LogP contribution < -0.4 is 10.1 Å². The summed E-state index contributed by atoms with van der Waals surface area (Å²) < 4.78 is 5.18. The van der Waals surface area contributed by atoms with Gasteiger partial charge in [-0.25, -0.2) is 4.79 Å². The maximum Gasteiger partial charge on any atom is 0.317 e. The fourth-order valence-electron chi connectivity index (χ4n) is 2.74. The molecule has 23 heavy (non-hydrogen) atoms. The van der Waals surface area contributed by atoms with E-state index >= 15 is 0 Å². The number of amides is 2. The molecule has 2 rings (SSSR count). The highest BCUT2D eigenvalue weighted by Gasteiger charge is 2.42. The highest BCUT2D eigenvalue weighted by molar-refractivity contribution is 5.79. The summed E-state index contributed by atoms with van der Waals surface area (Å²) in [5.41, 5.74) is 0.344. The normalized spacial score (nSPS) is 20.3. The van der Waals surface area contributed by atoms with Crippen LogP contribution >= 0.6 is 0 Å². The minimum Gasteiger partial charge on any atom is -0.497 e. The number of urea groups is 1. The Morgan fingerprint density at radius 3 is 2.87 bits per heavy atom. The van der Waals surface area contributed by atoms with E-state index in [4.69, 9.17) is 4.74 Å². The molecule has 1 saturated heterocycles. The molecule has 1 unspecified atom stereocenters. The number of rotatable bonds is 6. The Morgan fingerprint density at radius 1 is 1.43 bits per heavy atom. The smallest absolute Gasteiger partial charge is 0.317 e. The second kappa shape index (κ2) is 7.35. The predicted molar refractivity (Wildman–Crippen MR) is 86.6 cm³/mol. The molecule has 0 bridgehead atoms. The van der Waals surface area contributed by atoms with Crippen LogP contribution in [0, 0.1) is 5.41 Å². The molecule has 2 amide bonds. The molecule has 126 valence electrons. The minimum atomic E-state index is -0.842. The molecule has 0 aromatic heterocycles. The van der Waals surface area contributed by atoms with Crippen LogP contribution in [-0.4, -0.2) is 48.8 Å². The highest BCUT2D eigenvalue weighted by atomic mass is 16.5. The number of carboxylic acid groups (broad SMARTS) is 1. The van der Waals surface area contributed by atoms with E-state index in [2.05, 4.69) is 5.32 Å². The van der Waals surface area contributed by atoms with Crippen molar-refractivity contribution < 1.29 is 19.4 Å². The lowest BCUT2D eigenvalue weighted by atomic mass is 9.90. The number of aliphatic carboxylic acids is 1. The topological polar surface area (TPSA) is 78.9 Å². The quantitative estimate of drug-likeness (QED) is 0.787. The van der Waals surface area contributed by atoms with Crippen LogP contribution in [-0.2, 0) is 11.2 Å². The average Bonchev–Trinajstić information content (AvgIpc) is 2.95. The first-order valence-corrected chi connectivity index (χ1v) is 7.84. The van der Waals surface area contributed by atoms with Gasteiger partial charge in [-0.2, -0.15) is 0 Å². The summed E-state index contributed by atoms with van der Waals surface area (Å²) in [7, 11) is 1.64. The number of nitrogens with one attached hydrogen (secondary N) is 1. The first-order chi connectivity index (χ1) is 10.9. The lowest BCUT2D eigenvalue weighted by molar-refractivity contribution is -0.146. The number of carbonyl (C=O) groups excluding carboxylic acids is 1. The molecule has 1 aliphatic heterocycles. The molecule has 1 aromatic rings. The van der Waals surface area contributed by atoms with Crippen LogP contribution in [0.1, 0.15) is 25.3 Å². The molecular weight excluding hydrogens is 296 g/mol. The lowest BCUT2D eigenvalue weighted by Crippen LogP contribution is -2.41. The largest absolute Gasteiger partial charge is 0.497 e. The molecule has 1 aromatic carbocycles. The van der Waals surface area contributed by atoms with E-state index < -0.39 is 11.4 Å². The first kappa shape index (κ1) is 17.1. The van der Waals surface area contributed by atoms with E-state index in [1.165, 1.54) is 5.56 Å². The summed E-state index contributed by atoms with van der Waals surface area (Å²) in [6.07, 6.45) is 2.17. The van der Waals surface area contributed by atoms with Crippen LogP contribution in [0.3, 0.4) is 0 Å². The Bertz CT molecular complexity index is 575. The molecule has 0 radical (unpaired) electrons. The van der Waals surface area contributed by atoms with Gasteiger partial charge in [0.25, 0.3) is 0 Å². The molecule has 0 saturated carbocycles. The maximum absolute atomic E-state index is 12.1. The van der Waals surface area contributed by atoms with Gasteiger partial charge >= 0.3 is 12.0 Å². The zero-order valence-corrected chi connectivity index (χ0v) is 13.7. The maximum atomic E-state index is 12.1. The number of aryl methyl sites for hydroxylation is 1. The molecule has 6 nitrogen and oxygen atoms in total. The Morgan fingerprint density at radius 2 is 2.22 bits per heavy atom. The number of carbonyl (C=O) groups is 2. The van der Waals surface area contributed by atoms with Gasteiger partial charge in [0.15, 0.2) is 0 Å². The number of ether oxygens (including phenoxy) is 1. The van der Waals surface area contributed by atoms with E-state index in [0.29, 0.717) is 19.5 Å². The van der Waals surface area contributed by atoms with Crippen molar-refractivity contribution in [3.05, 3.63) is 29.8 Å². The van der Waals surface area contributed by atoms with Gasteiger partial charge in [-0.05, 0) is 43.9 Å². The third-order valence-corrected chi connectivity index (χ3v) is 4.33. The number of hydrogen-bond acceptors (Lipinski definition) is 3. The van der Waals surface area contributed by atoms with Crippen molar-refractivity contribution in [2.24, 2.45) is 5.41 Å². The van der Waals surface area contributed by atoms with Gasteiger partial charge in [-0.1, -0.05) is 12.1 Å². The first-order valence-electron chi connectivity index (χ1n) is 7.84. The zero-order chi connectivity index (χ0) is 16.9. The summed E-state index contributed by atoms with van der Waals surface area (Å²) in [6.45, 7) is 3.01. The SMILES string of the molecule is COc1cccc(CCCNC(=O)N2CCC(C)(C(=O)O)C2)c1. The molecule has 6 heteroatoms. The van der Waals surface area contributed by atoms with Crippen LogP contribution in [0.4, 0.5) is 4.79 Å². The van der Waals surface area contributed by atoms with Gasteiger partial charge in [0.2, 0.25) is 0 Å². The summed E-state index contributed by atoms with van der Waals surface area (Å²) >= 11 is 0. The van der Waals surface area contributed by atoms with E-state index in [0.717, 1.165) is 18.6 Å². The Hall–Kier alpha value is -2.24. The number of likely N-dealkylation sites (tertiary alicyclic amines) is 1. The lowest BCUT2D eigenvalue weighted by Gasteiger charge is -2.20. The van der Waals surface area contributed by atoms with E-state index in [9.17, 15) is 14.7 Å². The van der Waals surface area contributed by atoms with E-state index in [1.807, 2.05) is 24.3 Å². The fourth-order valence-corrected chi connectivity index (χ4v) is 2.74. The van der Waals surface area contributed by atoms with Gasteiger partial charge in [-0.15, -0.1) is 0 Å². The van der Waals surface area contributed by atoms with Crippen molar-refractivity contribution in [2.75, 3.05) is 26.7 Å². The van der Waals surface area contributed by atoms with E-state index in [-0.39, 0.29) is 12.6 Å². The van der Waals surface area contributed by atoms with Crippen LogP contribution in [0.25, 0.3) is 0 Å². The summed E-state index contributed by atoms with van der Waals surface area (Å²) in [6, 6.07) is 7.69. The van der Waals surface area contributed by atoms with Crippen molar-refractivity contribution in [3.8, 4) is 5.75 Å². The van der Waals surface area contributed by atoms with Crippen molar-refractivity contribution >= 4 is 12.0 Å². The number of methoxy groups -OCH3 is 1. The van der Waals surface area contributed by atoms with Crippen LogP contribution in [0.15, 0.2) is 24.3 Å². The van der Waals surface area contributed by atoms with Gasteiger partial charge < -0.3 is 20.1 Å². The van der Waals surface area contributed by atoms with Crippen molar-refractivity contribution in [1.82, 2.24) is 10.2 Å². The van der Waals surface area contributed by atoms with Gasteiger partial charge in [0, 0.05) is 19.6 Å². The van der Waals surface area contributed by atoms with Gasteiger partial charge in [-0.3, -0.25) is 4.79 Å². The summed E-state index contributed by atoms with van der Waals surface area (Å²) in [5.74, 6) is -0.0117. The third kappa shape index (κ3) is 4.37. The highest BCUT2D eigenvalue weighted by Crippen LogP contribution is 2.29. The number of carboxylic acids is 1. The fraction of sp³-hybridized carbons (Fsp3) is 0.529. The zero-order valence-electron chi connectivity index (χ0n) is 13.7. The molecule has 1 aliphatic rings. The second-order valence-electron chi connectivity index (χ2n) is 6.22. The number of nitrogens with zero attached hydrogens (tertiary/aromatic N) is 1. The molecule has 0 aliphatic carbocycles. The number of hydrogen-bond donors (Lipinski definition) is 2. The van der Waals surface area contributed by atoms with Crippen molar-refractivity contribution in [2.45, 2.75) is 26.2 Å². The molecule has 1 heterocycles. The van der Waals surface area contributed by atoms with Gasteiger partial charge in [0.05, 0.1) is 12.5 Å². The summed E-state index contributed by atoms with van der Waals surface area (Å²) in [5, 5.41) is 12.0. The average molecular weight is 320 g/mol. The summed E-state index contributed by atoms with van der Waals surface area (Å²) in [4.78, 5) is 24.8. The van der Waals surface area contributed by atoms with Crippen molar-refractivity contribution in [3.63, 3.8) is 0 Å². The Balaban J connectivity index is 1.72. The molecule has 0 spiro atoms.